The number of hydrogen-bond donors (Lipinski definition) is 2. The zero-order valence-corrected chi connectivity index (χ0v) is 12.7. The highest BCUT2D eigenvalue weighted by atomic mass is 16.5. The number of nitrogens with one attached hydrogen (secondary N) is 1. The van der Waals surface area contributed by atoms with E-state index in [0.717, 1.165) is 10.9 Å². The van der Waals surface area contributed by atoms with Crippen LogP contribution in [0.2, 0.25) is 0 Å². The molecule has 1 atom stereocenters. The number of ether oxygens (including phenoxy) is 2. The molecule has 1 heterocycles. The lowest BCUT2D eigenvalue weighted by atomic mass is 10.1. The molecule has 6 heteroatoms. The first-order valence-corrected chi connectivity index (χ1v) is 7.13. The van der Waals surface area contributed by atoms with Crippen molar-refractivity contribution in [1.29, 1.82) is 0 Å². The Balaban J connectivity index is 2.37. The minimum atomic E-state index is -0.674. The molecule has 118 valence electrons. The van der Waals surface area contributed by atoms with Gasteiger partial charge in [-0.1, -0.05) is 18.2 Å². The fourth-order valence-electron chi connectivity index (χ4n) is 2.17. The van der Waals surface area contributed by atoms with Crippen molar-refractivity contribution >= 4 is 22.6 Å². The van der Waals surface area contributed by atoms with Gasteiger partial charge in [0.05, 0.1) is 30.5 Å². The summed E-state index contributed by atoms with van der Waals surface area (Å²) in [5.74, 6) is -0.440. The first-order valence-electron chi connectivity index (χ1n) is 7.13. The number of carbonyl (C=O) groups excluding carboxylic acids is 1. The van der Waals surface area contributed by atoms with Crippen LogP contribution < -0.4 is 5.32 Å². The van der Waals surface area contributed by atoms with Crippen molar-refractivity contribution in [2.75, 3.05) is 32.2 Å². The number of carbonyl (C=O) groups is 1. The molecule has 0 amide bonds. The van der Waals surface area contributed by atoms with Crippen LogP contribution in [0.4, 0.5) is 5.69 Å². The third-order valence-electron chi connectivity index (χ3n) is 3.14. The Morgan fingerprint density at radius 3 is 2.91 bits per heavy atom. The molecule has 2 N–H and O–H groups in total. The number of benzene rings is 1. The van der Waals surface area contributed by atoms with E-state index >= 15 is 0 Å². The Labute approximate surface area is 129 Å². The minimum absolute atomic E-state index is 0.213. The van der Waals surface area contributed by atoms with Gasteiger partial charge < -0.3 is 19.9 Å². The Morgan fingerprint density at radius 1 is 1.41 bits per heavy atom. The number of aliphatic hydroxyl groups excluding tert-OH is 1. The number of rotatable bonds is 7. The van der Waals surface area contributed by atoms with Crippen LogP contribution in [0.15, 0.2) is 30.5 Å². The van der Waals surface area contributed by atoms with E-state index < -0.39 is 12.1 Å². The van der Waals surface area contributed by atoms with Gasteiger partial charge in [-0.05, 0) is 13.0 Å². The molecule has 1 aromatic heterocycles. The van der Waals surface area contributed by atoms with Gasteiger partial charge in [0.15, 0.2) is 0 Å². The number of aliphatic hydroxyl groups is 1. The van der Waals surface area contributed by atoms with Gasteiger partial charge in [0, 0.05) is 25.2 Å². The molecule has 1 aromatic carbocycles. The van der Waals surface area contributed by atoms with E-state index in [4.69, 9.17) is 9.47 Å². The van der Waals surface area contributed by atoms with E-state index in [-0.39, 0.29) is 19.8 Å². The van der Waals surface area contributed by atoms with Crippen LogP contribution in [-0.2, 0) is 9.47 Å². The summed E-state index contributed by atoms with van der Waals surface area (Å²) in [6, 6.07) is 7.48. The molecule has 0 saturated heterocycles. The second-order valence-corrected chi connectivity index (χ2v) is 4.77. The van der Waals surface area contributed by atoms with E-state index in [1.807, 2.05) is 24.3 Å². The van der Waals surface area contributed by atoms with Gasteiger partial charge in [-0.15, -0.1) is 0 Å². The van der Waals surface area contributed by atoms with E-state index in [1.165, 1.54) is 13.3 Å². The van der Waals surface area contributed by atoms with Gasteiger partial charge in [-0.25, -0.2) is 4.79 Å². The maximum Gasteiger partial charge on any atom is 0.341 e. The number of nitrogens with zero attached hydrogens (tertiary/aromatic N) is 1. The highest BCUT2D eigenvalue weighted by molar-refractivity contribution is 6.04. The van der Waals surface area contributed by atoms with Crippen molar-refractivity contribution in [2.45, 2.75) is 13.0 Å². The van der Waals surface area contributed by atoms with Crippen LogP contribution in [0.5, 0.6) is 0 Å². The average Bonchev–Trinajstić information content (AvgIpc) is 2.53. The molecule has 2 aromatic rings. The fraction of sp³-hybridized carbons (Fsp3) is 0.375. The predicted molar refractivity (Wildman–Crippen MR) is 84.1 cm³/mol. The summed E-state index contributed by atoms with van der Waals surface area (Å²) in [5, 5.41) is 13.7. The molecule has 0 saturated carbocycles. The van der Waals surface area contributed by atoms with Crippen molar-refractivity contribution in [3.63, 3.8) is 0 Å². The number of esters is 1. The second kappa shape index (κ2) is 7.72. The second-order valence-electron chi connectivity index (χ2n) is 4.77. The van der Waals surface area contributed by atoms with Gasteiger partial charge in [0.1, 0.15) is 5.56 Å². The van der Waals surface area contributed by atoms with E-state index in [2.05, 4.69) is 10.3 Å². The molecule has 6 nitrogen and oxygen atoms in total. The van der Waals surface area contributed by atoms with Crippen molar-refractivity contribution < 1.29 is 19.4 Å². The quantitative estimate of drug-likeness (QED) is 0.760. The van der Waals surface area contributed by atoms with Crippen molar-refractivity contribution in [1.82, 2.24) is 4.98 Å². The summed E-state index contributed by atoms with van der Waals surface area (Å²) in [5.41, 5.74) is 1.73. The lowest BCUT2D eigenvalue weighted by Crippen LogP contribution is -2.25. The molecule has 0 aliphatic carbocycles. The number of hydrogen-bond acceptors (Lipinski definition) is 6. The zero-order valence-electron chi connectivity index (χ0n) is 12.7. The summed E-state index contributed by atoms with van der Waals surface area (Å²) in [6.07, 6.45) is 0.817. The summed E-state index contributed by atoms with van der Waals surface area (Å²) in [4.78, 5) is 16.4. The van der Waals surface area contributed by atoms with Crippen LogP contribution in [-0.4, -0.2) is 49.0 Å². The normalized spacial score (nSPS) is 12.1. The van der Waals surface area contributed by atoms with Crippen LogP contribution in [0, 0.1) is 0 Å². The molecule has 0 spiro atoms. The predicted octanol–water partition coefficient (Wildman–Crippen LogP) is 1.83. The Morgan fingerprint density at radius 2 is 2.18 bits per heavy atom. The molecule has 0 fully saturated rings. The molecule has 0 bridgehead atoms. The first kappa shape index (κ1) is 16.2. The third kappa shape index (κ3) is 3.72. The third-order valence-corrected chi connectivity index (χ3v) is 3.14. The highest BCUT2D eigenvalue weighted by Gasteiger charge is 2.17. The Bertz CT molecular complexity index is 645. The number of methoxy groups -OCH3 is 1. The molecular formula is C16H20N2O4. The molecule has 22 heavy (non-hydrogen) atoms. The van der Waals surface area contributed by atoms with Crippen molar-refractivity contribution in [3.05, 3.63) is 36.0 Å². The fourth-order valence-corrected chi connectivity index (χ4v) is 2.17. The lowest BCUT2D eigenvalue weighted by molar-refractivity contribution is 0.0526. The van der Waals surface area contributed by atoms with E-state index in [0.29, 0.717) is 11.3 Å². The zero-order chi connectivity index (χ0) is 15.9. The van der Waals surface area contributed by atoms with Gasteiger partial charge in [-0.3, -0.25) is 4.98 Å². The number of anilines is 1. The van der Waals surface area contributed by atoms with E-state index in [1.54, 1.807) is 6.92 Å². The Kier molecular flexibility index (Phi) is 5.68. The highest BCUT2D eigenvalue weighted by Crippen LogP contribution is 2.26. The number of aromatic nitrogens is 1. The van der Waals surface area contributed by atoms with Gasteiger partial charge >= 0.3 is 5.97 Å². The summed E-state index contributed by atoms with van der Waals surface area (Å²) >= 11 is 0. The van der Waals surface area contributed by atoms with Gasteiger partial charge in [0.25, 0.3) is 0 Å². The van der Waals surface area contributed by atoms with Crippen LogP contribution in [0.1, 0.15) is 17.3 Å². The SMILES string of the molecule is CCOC(=O)c1cnc2ccccc2c1NCC(O)COC. The van der Waals surface area contributed by atoms with Gasteiger partial charge in [0.2, 0.25) is 0 Å². The molecular weight excluding hydrogens is 284 g/mol. The Hall–Kier alpha value is -2.18. The monoisotopic (exact) mass is 304 g/mol. The topological polar surface area (TPSA) is 80.7 Å². The number of para-hydroxylation sites is 1. The molecule has 1 unspecified atom stereocenters. The molecule has 2 rings (SSSR count). The molecule has 0 aliphatic rings. The van der Waals surface area contributed by atoms with Crippen molar-refractivity contribution in [2.24, 2.45) is 0 Å². The lowest BCUT2D eigenvalue weighted by Gasteiger charge is -2.16. The smallest absolute Gasteiger partial charge is 0.341 e. The average molecular weight is 304 g/mol. The molecule has 0 radical (unpaired) electrons. The summed E-state index contributed by atoms with van der Waals surface area (Å²) < 4.78 is 9.97. The van der Waals surface area contributed by atoms with Crippen LogP contribution in [0.25, 0.3) is 10.9 Å². The van der Waals surface area contributed by atoms with Crippen LogP contribution >= 0.6 is 0 Å². The largest absolute Gasteiger partial charge is 0.462 e. The minimum Gasteiger partial charge on any atom is -0.462 e. The van der Waals surface area contributed by atoms with Gasteiger partial charge in [-0.2, -0.15) is 0 Å². The van der Waals surface area contributed by atoms with E-state index in [9.17, 15) is 9.90 Å². The summed E-state index contributed by atoms with van der Waals surface area (Å²) in [7, 11) is 1.52. The molecule has 0 aliphatic heterocycles. The maximum absolute atomic E-state index is 12.1. The van der Waals surface area contributed by atoms with Crippen LogP contribution in [0.3, 0.4) is 0 Å². The summed E-state index contributed by atoms with van der Waals surface area (Å²) in [6.45, 7) is 2.51. The maximum atomic E-state index is 12.1. The number of pyridine rings is 1. The first-order chi connectivity index (χ1) is 10.7. The number of fused-ring (bicyclic) bond motifs is 1. The van der Waals surface area contributed by atoms with Crippen molar-refractivity contribution in [3.8, 4) is 0 Å². The standard InChI is InChI=1S/C16H20N2O4/c1-3-22-16(20)13-9-17-14-7-5-4-6-12(14)15(13)18-8-11(19)10-21-2/h4-7,9,11,19H,3,8,10H2,1-2H3,(H,17,18).